The molecular weight excluding hydrogens is 312 g/mol. The van der Waals surface area contributed by atoms with E-state index in [-0.39, 0.29) is 0 Å². The van der Waals surface area contributed by atoms with Gasteiger partial charge in [-0.05, 0) is 23.8 Å². The van der Waals surface area contributed by atoms with Crippen LogP contribution >= 0.6 is 46.4 Å². The van der Waals surface area contributed by atoms with E-state index in [0.29, 0.717) is 31.2 Å². The highest BCUT2D eigenvalue weighted by Gasteiger charge is 2.11. The van der Waals surface area contributed by atoms with Crippen LogP contribution in [-0.4, -0.2) is 0 Å². The largest absolute Gasteiger partial charge is 0.192 e. The predicted octanol–water partition coefficient (Wildman–Crippen LogP) is 5.84. The minimum absolute atomic E-state index is 0.301. The molecule has 0 aromatic heterocycles. The second-order valence-corrected chi connectivity index (χ2v) is 5.10. The van der Waals surface area contributed by atoms with Crippen molar-refractivity contribution in [2.75, 3.05) is 0 Å². The van der Waals surface area contributed by atoms with Gasteiger partial charge in [0.2, 0.25) is 0 Å². The number of halogens is 4. The lowest BCUT2D eigenvalue weighted by molar-refractivity contribution is 1.48. The van der Waals surface area contributed by atoms with E-state index in [1.54, 1.807) is 30.3 Å². The smallest absolute Gasteiger partial charge is 0.101 e. The molecule has 2 aromatic rings. The fourth-order valence-electron chi connectivity index (χ4n) is 1.55. The maximum atomic E-state index is 8.94. The Kier molecular flexibility index (Phi) is 4.04. The number of benzene rings is 2. The Morgan fingerprint density at radius 3 is 2.06 bits per heavy atom. The molecule has 0 aliphatic carbocycles. The zero-order valence-electron chi connectivity index (χ0n) is 8.85. The second-order valence-electron chi connectivity index (χ2n) is 3.53. The third-order valence-electron chi connectivity index (χ3n) is 2.41. The fraction of sp³-hybridized carbons (Fsp3) is 0. The van der Waals surface area contributed by atoms with E-state index in [9.17, 15) is 0 Å². The van der Waals surface area contributed by atoms with Crippen LogP contribution in [0.15, 0.2) is 30.3 Å². The van der Waals surface area contributed by atoms with Crippen molar-refractivity contribution in [3.63, 3.8) is 0 Å². The Bertz CT molecular complexity index is 636. The van der Waals surface area contributed by atoms with Crippen LogP contribution in [0.3, 0.4) is 0 Å². The minimum atomic E-state index is 0.301. The summed E-state index contributed by atoms with van der Waals surface area (Å²) >= 11 is 24.0. The normalized spacial score (nSPS) is 10.2. The Morgan fingerprint density at radius 1 is 0.889 bits per heavy atom. The van der Waals surface area contributed by atoms with Gasteiger partial charge >= 0.3 is 0 Å². The summed E-state index contributed by atoms with van der Waals surface area (Å²) in [6, 6.07) is 10.5. The molecule has 2 aromatic carbocycles. The van der Waals surface area contributed by atoms with Crippen LogP contribution in [0.2, 0.25) is 20.1 Å². The Labute approximate surface area is 124 Å². The molecule has 0 N–H and O–H groups in total. The van der Waals surface area contributed by atoms with Crippen LogP contribution in [-0.2, 0) is 0 Å². The molecule has 0 aliphatic heterocycles. The Hall–Kier alpha value is -0.910. The van der Waals surface area contributed by atoms with Crippen LogP contribution in [0.25, 0.3) is 11.1 Å². The number of rotatable bonds is 1. The SMILES string of the molecule is N#Cc1cccc(-c2cc(Cl)c(Cl)c(Cl)c2)c1Cl. The molecule has 0 atom stereocenters. The van der Waals surface area contributed by atoms with E-state index in [1.807, 2.05) is 6.07 Å². The van der Waals surface area contributed by atoms with Crippen molar-refractivity contribution in [3.05, 3.63) is 56.0 Å². The average molecular weight is 317 g/mol. The summed E-state index contributed by atoms with van der Waals surface area (Å²) in [5.41, 5.74) is 1.81. The number of nitriles is 1. The molecule has 0 saturated carbocycles. The number of nitrogens with zero attached hydrogens (tertiary/aromatic N) is 1. The van der Waals surface area contributed by atoms with E-state index < -0.39 is 0 Å². The minimum Gasteiger partial charge on any atom is -0.192 e. The van der Waals surface area contributed by atoms with Crippen LogP contribution < -0.4 is 0 Å². The quantitative estimate of drug-likeness (QED) is 0.606. The average Bonchev–Trinajstić information content (AvgIpc) is 2.35. The first-order valence-corrected chi connectivity index (χ1v) is 6.39. The van der Waals surface area contributed by atoms with Crippen LogP contribution in [0.1, 0.15) is 5.56 Å². The van der Waals surface area contributed by atoms with Gasteiger partial charge < -0.3 is 0 Å². The molecule has 0 spiro atoms. The first-order valence-electron chi connectivity index (χ1n) is 4.88. The summed E-state index contributed by atoms with van der Waals surface area (Å²) in [6.07, 6.45) is 0. The highest BCUT2D eigenvalue weighted by Crippen LogP contribution is 2.38. The van der Waals surface area contributed by atoms with E-state index in [1.165, 1.54) is 0 Å². The summed E-state index contributed by atoms with van der Waals surface area (Å²) < 4.78 is 0. The molecule has 0 heterocycles. The molecule has 0 aliphatic rings. The lowest BCUT2D eigenvalue weighted by Crippen LogP contribution is -1.85. The maximum absolute atomic E-state index is 8.94. The van der Waals surface area contributed by atoms with Gasteiger partial charge in [-0.15, -0.1) is 0 Å². The van der Waals surface area contributed by atoms with Crippen molar-refractivity contribution in [2.45, 2.75) is 0 Å². The lowest BCUT2D eigenvalue weighted by Gasteiger charge is -2.08. The van der Waals surface area contributed by atoms with Gasteiger partial charge in [0.1, 0.15) is 6.07 Å². The van der Waals surface area contributed by atoms with Crippen molar-refractivity contribution in [1.29, 1.82) is 5.26 Å². The molecule has 2 rings (SSSR count). The monoisotopic (exact) mass is 315 g/mol. The fourth-order valence-corrected chi connectivity index (χ4v) is 2.43. The van der Waals surface area contributed by atoms with E-state index in [4.69, 9.17) is 51.7 Å². The first kappa shape index (κ1) is 13.5. The number of hydrogen-bond donors (Lipinski definition) is 0. The summed E-state index contributed by atoms with van der Waals surface area (Å²) in [4.78, 5) is 0. The van der Waals surface area contributed by atoms with E-state index in [2.05, 4.69) is 0 Å². The Balaban J connectivity index is 2.67. The van der Waals surface area contributed by atoms with Gasteiger partial charge in [0.15, 0.2) is 0 Å². The highest BCUT2D eigenvalue weighted by atomic mass is 35.5. The third-order valence-corrected chi connectivity index (χ3v) is 4.02. The molecule has 0 unspecified atom stereocenters. The molecule has 0 bridgehead atoms. The van der Waals surface area contributed by atoms with Crippen molar-refractivity contribution in [3.8, 4) is 17.2 Å². The molecule has 0 radical (unpaired) electrons. The van der Waals surface area contributed by atoms with Gasteiger partial charge in [-0.25, -0.2) is 0 Å². The third kappa shape index (κ3) is 2.43. The highest BCUT2D eigenvalue weighted by molar-refractivity contribution is 6.48. The molecule has 18 heavy (non-hydrogen) atoms. The van der Waals surface area contributed by atoms with Crippen molar-refractivity contribution in [2.24, 2.45) is 0 Å². The molecule has 90 valence electrons. The molecule has 0 amide bonds. The van der Waals surface area contributed by atoms with Crippen LogP contribution in [0.5, 0.6) is 0 Å². The van der Waals surface area contributed by atoms with Gasteiger partial charge in [-0.2, -0.15) is 5.26 Å². The first-order chi connectivity index (χ1) is 8.54. The second kappa shape index (κ2) is 5.38. The topological polar surface area (TPSA) is 23.8 Å². The van der Waals surface area contributed by atoms with E-state index >= 15 is 0 Å². The van der Waals surface area contributed by atoms with E-state index in [0.717, 1.165) is 5.56 Å². The summed E-state index contributed by atoms with van der Waals surface area (Å²) in [6.45, 7) is 0. The predicted molar refractivity (Wildman–Crippen MR) is 76.6 cm³/mol. The van der Waals surface area contributed by atoms with Crippen molar-refractivity contribution in [1.82, 2.24) is 0 Å². The molecule has 1 nitrogen and oxygen atoms in total. The van der Waals surface area contributed by atoms with Gasteiger partial charge in [0.25, 0.3) is 0 Å². The zero-order valence-corrected chi connectivity index (χ0v) is 11.9. The molecule has 0 saturated heterocycles. The molecule has 0 fully saturated rings. The van der Waals surface area contributed by atoms with Gasteiger partial charge in [-0.3, -0.25) is 0 Å². The van der Waals surface area contributed by atoms with Crippen molar-refractivity contribution < 1.29 is 0 Å². The zero-order chi connectivity index (χ0) is 13.3. The summed E-state index contributed by atoms with van der Waals surface area (Å²) in [5, 5.41) is 10.3. The van der Waals surface area contributed by atoms with Crippen LogP contribution in [0.4, 0.5) is 0 Å². The summed E-state index contributed by atoms with van der Waals surface area (Å²) in [5.74, 6) is 0. The van der Waals surface area contributed by atoms with Crippen LogP contribution in [0, 0.1) is 11.3 Å². The maximum Gasteiger partial charge on any atom is 0.101 e. The molecule has 5 heteroatoms. The summed E-state index contributed by atoms with van der Waals surface area (Å²) in [7, 11) is 0. The number of hydrogen-bond acceptors (Lipinski definition) is 1. The molecular formula is C13H5Cl4N. The van der Waals surface area contributed by atoms with Crippen molar-refractivity contribution >= 4 is 46.4 Å². The van der Waals surface area contributed by atoms with Gasteiger partial charge in [-0.1, -0.05) is 58.5 Å². The van der Waals surface area contributed by atoms with Gasteiger partial charge in [0.05, 0.1) is 25.7 Å². The standard InChI is InChI=1S/C13H5Cl4N/c14-10-4-8(5-11(15)13(10)17)9-3-1-2-7(6-18)12(9)16/h1-5H. The van der Waals surface area contributed by atoms with Gasteiger partial charge in [0, 0.05) is 5.56 Å². The Morgan fingerprint density at radius 2 is 1.50 bits per heavy atom. The lowest BCUT2D eigenvalue weighted by atomic mass is 10.0.